The molecule has 0 unspecified atom stereocenters. The normalized spacial score (nSPS) is 10.3. The van der Waals surface area contributed by atoms with Crippen LogP contribution in [0.15, 0.2) is 30.5 Å². The Morgan fingerprint density at radius 1 is 1.07 bits per heavy atom. The van der Waals surface area contributed by atoms with E-state index in [9.17, 15) is 8.78 Å². The van der Waals surface area contributed by atoms with E-state index in [0.717, 1.165) is 0 Å². The maximum Gasteiger partial charge on any atom is 0.165 e. The second-order valence-electron chi connectivity index (χ2n) is 3.12. The third-order valence-electron chi connectivity index (χ3n) is 1.98. The highest BCUT2D eigenvalue weighted by Gasteiger charge is 2.12. The summed E-state index contributed by atoms with van der Waals surface area (Å²) in [5, 5.41) is 0. The summed E-state index contributed by atoms with van der Waals surface area (Å²) in [7, 11) is 0. The maximum absolute atomic E-state index is 13.3. The van der Waals surface area contributed by atoms with Crippen molar-refractivity contribution in [1.29, 1.82) is 0 Å². The average Bonchev–Trinajstić information content (AvgIpc) is 2.17. The summed E-state index contributed by atoms with van der Waals surface area (Å²) in [4.78, 5) is 7.81. The molecule has 1 aromatic heterocycles. The van der Waals surface area contributed by atoms with Crippen molar-refractivity contribution in [3.63, 3.8) is 0 Å². The van der Waals surface area contributed by atoms with Gasteiger partial charge in [0.2, 0.25) is 0 Å². The summed E-state index contributed by atoms with van der Waals surface area (Å²) < 4.78 is 26.7. The van der Waals surface area contributed by atoms with Crippen LogP contribution in [0.3, 0.4) is 0 Å². The molecule has 0 saturated carbocycles. The van der Waals surface area contributed by atoms with E-state index in [-0.39, 0.29) is 11.4 Å². The van der Waals surface area contributed by atoms with Crippen molar-refractivity contribution in [2.24, 2.45) is 0 Å². The summed E-state index contributed by atoms with van der Waals surface area (Å²) in [6.45, 7) is 1.74. The first-order valence-electron chi connectivity index (χ1n) is 4.42. The molecule has 1 aromatic carbocycles. The molecule has 2 aromatic rings. The molecule has 0 saturated heterocycles. The van der Waals surface area contributed by atoms with Crippen LogP contribution in [0.1, 0.15) is 5.69 Å². The molecule has 0 radical (unpaired) electrons. The molecule has 15 heavy (non-hydrogen) atoms. The first-order chi connectivity index (χ1) is 7.18. The average molecular weight is 206 g/mol. The van der Waals surface area contributed by atoms with Gasteiger partial charge in [0, 0.05) is 11.9 Å². The predicted molar refractivity (Wildman–Crippen MR) is 52.1 cm³/mol. The van der Waals surface area contributed by atoms with E-state index < -0.39 is 11.6 Å². The second-order valence-corrected chi connectivity index (χ2v) is 3.12. The predicted octanol–water partition coefficient (Wildman–Crippen LogP) is 2.73. The number of hydrogen-bond acceptors (Lipinski definition) is 2. The molecule has 0 bridgehead atoms. The number of halogens is 2. The first-order valence-corrected chi connectivity index (χ1v) is 4.42. The van der Waals surface area contributed by atoms with E-state index >= 15 is 0 Å². The van der Waals surface area contributed by atoms with Gasteiger partial charge in [-0.25, -0.2) is 18.7 Å². The fourth-order valence-corrected chi connectivity index (χ4v) is 1.28. The van der Waals surface area contributed by atoms with Crippen LogP contribution in [0.4, 0.5) is 8.78 Å². The number of hydrogen-bond donors (Lipinski definition) is 0. The van der Waals surface area contributed by atoms with Gasteiger partial charge in [0.1, 0.15) is 11.6 Å². The van der Waals surface area contributed by atoms with Gasteiger partial charge in [-0.05, 0) is 25.1 Å². The van der Waals surface area contributed by atoms with Crippen LogP contribution in [-0.2, 0) is 0 Å². The third-order valence-corrected chi connectivity index (χ3v) is 1.98. The van der Waals surface area contributed by atoms with E-state index in [1.54, 1.807) is 13.0 Å². The van der Waals surface area contributed by atoms with Gasteiger partial charge in [0.05, 0.1) is 5.56 Å². The smallest absolute Gasteiger partial charge is 0.165 e. The zero-order valence-electron chi connectivity index (χ0n) is 8.04. The van der Waals surface area contributed by atoms with Crippen LogP contribution >= 0.6 is 0 Å². The van der Waals surface area contributed by atoms with E-state index in [4.69, 9.17) is 0 Å². The fraction of sp³-hybridized carbons (Fsp3) is 0.0909. The zero-order chi connectivity index (χ0) is 10.8. The molecule has 0 atom stereocenters. The third kappa shape index (κ3) is 1.83. The van der Waals surface area contributed by atoms with Crippen LogP contribution in [0.25, 0.3) is 11.4 Å². The highest BCUT2D eigenvalue weighted by molar-refractivity contribution is 5.56. The molecule has 0 aliphatic carbocycles. The Balaban J connectivity index is 2.63. The highest BCUT2D eigenvalue weighted by atomic mass is 19.1. The van der Waals surface area contributed by atoms with Crippen LogP contribution in [0.2, 0.25) is 0 Å². The van der Waals surface area contributed by atoms with Crippen LogP contribution in [0.5, 0.6) is 0 Å². The molecule has 0 aliphatic rings. The van der Waals surface area contributed by atoms with Crippen LogP contribution < -0.4 is 0 Å². The molecular formula is C11H8F2N2. The largest absolute Gasteiger partial charge is 0.236 e. The van der Waals surface area contributed by atoms with Crippen molar-refractivity contribution in [2.45, 2.75) is 6.92 Å². The van der Waals surface area contributed by atoms with Crippen molar-refractivity contribution >= 4 is 0 Å². The van der Waals surface area contributed by atoms with Gasteiger partial charge in [-0.1, -0.05) is 6.07 Å². The lowest BCUT2D eigenvalue weighted by atomic mass is 10.2. The van der Waals surface area contributed by atoms with Gasteiger partial charge in [0.15, 0.2) is 5.82 Å². The highest BCUT2D eigenvalue weighted by Crippen LogP contribution is 2.22. The lowest BCUT2D eigenvalue weighted by molar-refractivity contribution is 0.587. The zero-order valence-corrected chi connectivity index (χ0v) is 8.04. The standard InChI is InChI=1S/C11H8F2N2/c1-7-5-6-14-11(15-7)10-8(12)3-2-4-9(10)13/h2-6H,1H3. The number of aromatic nitrogens is 2. The Kier molecular flexibility index (Phi) is 2.41. The number of benzene rings is 1. The Morgan fingerprint density at radius 3 is 2.33 bits per heavy atom. The minimum atomic E-state index is -0.652. The monoisotopic (exact) mass is 206 g/mol. The van der Waals surface area contributed by atoms with Gasteiger partial charge in [-0.15, -0.1) is 0 Å². The maximum atomic E-state index is 13.3. The van der Waals surface area contributed by atoms with Gasteiger partial charge in [0.25, 0.3) is 0 Å². The van der Waals surface area contributed by atoms with Crippen molar-refractivity contribution in [1.82, 2.24) is 9.97 Å². The van der Waals surface area contributed by atoms with Crippen LogP contribution in [0, 0.1) is 18.6 Å². The van der Waals surface area contributed by atoms with Crippen molar-refractivity contribution in [3.05, 3.63) is 47.8 Å². The van der Waals surface area contributed by atoms with E-state index in [0.29, 0.717) is 5.69 Å². The SMILES string of the molecule is Cc1ccnc(-c2c(F)cccc2F)n1. The quantitative estimate of drug-likeness (QED) is 0.716. The second kappa shape index (κ2) is 3.73. The van der Waals surface area contributed by atoms with Gasteiger partial charge in [-0.2, -0.15) is 0 Å². The molecule has 2 rings (SSSR count). The minimum absolute atomic E-state index is 0.0746. The van der Waals surface area contributed by atoms with E-state index in [1.165, 1.54) is 24.4 Å². The molecular weight excluding hydrogens is 198 g/mol. The Hall–Kier alpha value is -1.84. The number of aryl methyl sites for hydroxylation is 1. The summed E-state index contributed by atoms with van der Waals surface area (Å²) in [6.07, 6.45) is 1.48. The summed E-state index contributed by atoms with van der Waals surface area (Å²) in [5.74, 6) is -1.23. The van der Waals surface area contributed by atoms with E-state index in [1.807, 2.05) is 0 Å². The minimum Gasteiger partial charge on any atom is -0.236 e. The topological polar surface area (TPSA) is 25.8 Å². The number of nitrogens with zero attached hydrogens (tertiary/aromatic N) is 2. The summed E-state index contributed by atoms with van der Waals surface area (Å²) >= 11 is 0. The van der Waals surface area contributed by atoms with Crippen molar-refractivity contribution in [3.8, 4) is 11.4 Å². The Morgan fingerprint density at radius 2 is 1.73 bits per heavy atom. The lowest BCUT2D eigenvalue weighted by Gasteiger charge is -2.03. The van der Waals surface area contributed by atoms with Crippen molar-refractivity contribution < 1.29 is 8.78 Å². The van der Waals surface area contributed by atoms with Crippen LogP contribution in [-0.4, -0.2) is 9.97 Å². The Labute approximate surface area is 85.6 Å². The number of rotatable bonds is 1. The van der Waals surface area contributed by atoms with Gasteiger partial charge >= 0.3 is 0 Å². The molecule has 2 nitrogen and oxygen atoms in total. The van der Waals surface area contributed by atoms with Crippen molar-refractivity contribution in [2.75, 3.05) is 0 Å². The Bertz CT molecular complexity index is 477. The lowest BCUT2D eigenvalue weighted by Crippen LogP contribution is -1.96. The summed E-state index contributed by atoms with van der Waals surface area (Å²) in [5.41, 5.74) is 0.490. The molecule has 0 N–H and O–H groups in total. The fourth-order valence-electron chi connectivity index (χ4n) is 1.28. The molecule has 0 fully saturated rings. The molecule has 0 amide bonds. The molecule has 76 valence electrons. The molecule has 4 heteroatoms. The van der Waals surface area contributed by atoms with E-state index in [2.05, 4.69) is 9.97 Å². The van der Waals surface area contributed by atoms with Gasteiger partial charge < -0.3 is 0 Å². The first kappa shape index (κ1) is 9.71. The molecule has 0 aliphatic heterocycles. The van der Waals surface area contributed by atoms with Gasteiger partial charge in [-0.3, -0.25) is 0 Å². The summed E-state index contributed by atoms with van der Waals surface area (Å²) in [6, 6.07) is 5.35. The molecule has 0 spiro atoms. The molecule has 1 heterocycles.